The first-order valence-corrected chi connectivity index (χ1v) is 9.17. The van der Waals surface area contributed by atoms with Gasteiger partial charge < -0.3 is 9.36 Å². The summed E-state index contributed by atoms with van der Waals surface area (Å²) in [6.45, 7) is 15.7. The lowest BCUT2D eigenvalue weighted by Crippen LogP contribution is -2.45. The van der Waals surface area contributed by atoms with Gasteiger partial charge in [-0.2, -0.15) is 0 Å². The van der Waals surface area contributed by atoms with Crippen LogP contribution < -0.4 is 0 Å². The topological polar surface area (TPSA) is 39.2 Å². The molecule has 0 unspecified atom stereocenters. The number of benzene rings is 1. The van der Waals surface area contributed by atoms with E-state index in [4.69, 9.17) is 11.6 Å². The maximum atomic E-state index is 12.5. The molecule has 2 aromatic rings. The van der Waals surface area contributed by atoms with Gasteiger partial charge in [-0.3, -0.25) is 0 Å². The highest BCUT2D eigenvalue weighted by atomic mass is 16.1. The standard InChI is InChI=1S/C22H23N3O/c1-13-8-6-7-9-18(13)25-15(3)24-21-19(25)11-10-16-14(2)20(26)17(23-5)12-22(16,21)4/h6-9,12,14,16H,10-11H2,1-4H3/t14-,16-,22-/m0/s1. The third kappa shape index (κ3) is 2.13. The van der Waals surface area contributed by atoms with Gasteiger partial charge in [0.2, 0.25) is 5.70 Å². The first-order valence-electron chi connectivity index (χ1n) is 9.17. The number of nitrogens with zero attached hydrogens (tertiary/aromatic N) is 3. The summed E-state index contributed by atoms with van der Waals surface area (Å²) in [5.41, 5.74) is 4.54. The molecule has 0 radical (unpaired) electrons. The van der Waals surface area contributed by atoms with Crippen molar-refractivity contribution in [3.05, 3.63) is 70.2 Å². The van der Waals surface area contributed by atoms with E-state index in [0.717, 1.165) is 30.0 Å². The predicted octanol–water partition coefficient (Wildman–Crippen LogP) is 4.33. The van der Waals surface area contributed by atoms with Gasteiger partial charge in [0.05, 0.1) is 12.3 Å². The van der Waals surface area contributed by atoms with Crippen LogP contribution in [0.4, 0.5) is 0 Å². The third-order valence-electron chi connectivity index (χ3n) is 6.30. The molecule has 0 N–H and O–H groups in total. The van der Waals surface area contributed by atoms with Crippen molar-refractivity contribution in [2.75, 3.05) is 0 Å². The molecule has 4 rings (SSSR count). The fourth-order valence-corrected chi connectivity index (χ4v) is 4.94. The Morgan fingerprint density at radius 1 is 1.31 bits per heavy atom. The highest BCUT2D eigenvalue weighted by molar-refractivity contribution is 6.00. The Morgan fingerprint density at radius 2 is 2.04 bits per heavy atom. The molecule has 0 saturated carbocycles. The molecule has 0 bridgehead atoms. The smallest absolute Gasteiger partial charge is 0.226 e. The van der Waals surface area contributed by atoms with E-state index < -0.39 is 0 Å². The summed E-state index contributed by atoms with van der Waals surface area (Å²) in [5.74, 6) is 1.02. The molecule has 0 fully saturated rings. The Bertz CT molecular complexity index is 991. The monoisotopic (exact) mass is 345 g/mol. The molecule has 3 atom stereocenters. The van der Waals surface area contributed by atoms with E-state index in [0.29, 0.717) is 0 Å². The van der Waals surface area contributed by atoms with Crippen LogP contribution in [0.3, 0.4) is 0 Å². The minimum Gasteiger partial charge on any atom is -0.308 e. The predicted molar refractivity (Wildman–Crippen MR) is 101 cm³/mol. The lowest BCUT2D eigenvalue weighted by atomic mass is 9.59. The zero-order valence-electron chi connectivity index (χ0n) is 15.7. The maximum absolute atomic E-state index is 12.5. The molecule has 4 heteroatoms. The number of ketones is 1. The molecular weight excluding hydrogens is 322 g/mol. The number of fused-ring (bicyclic) bond motifs is 3. The van der Waals surface area contributed by atoms with Crippen molar-refractivity contribution in [2.24, 2.45) is 11.8 Å². The second-order valence-corrected chi connectivity index (χ2v) is 7.80. The highest BCUT2D eigenvalue weighted by Crippen LogP contribution is 2.50. The van der Waals surface area contributed by atoms with Crippen LogP contribution in [0.5, 0.6) is 0 Å². The number of carbonyl (C=O) groups excluding carboxylic acids is 1. The van der Waals surface area contributed by atoms with Crippen molar-refractivity contribution in [3.8, 4) is 5.69 Å². The Labute approximate surface area is 154 Å². The Hall–Kier alpha value is -2.67. The molecule has 0 saturated heterocycles. The van der Waals surface area contributed by atoms with Crippen molar-refractivity contribution < 1.29 is 4.79 Å². The quantitative estimate of drug-likeness (QED) is 0.722. The number of Topliss-reactive ketones (excluding diaryl/α,β-unsaturated/α-hetero) is 1. The molecule has 1 aromatic heterocycles. The minimum absolute atomic E-state index is 0.0130. The molecule has 2 aliphatic carbocycles. The van der Waals surface area contributed by atoms with E-state index in [9.17, 15) is 4.79 Å². The number of imidazole rings is 1. The van der Waals surface area contributed by atoms with Crippen molar-refractivity contribution >= 4 is 5.78 Å². The summed E-state index contributed by atoms with van der Waals surface area (Å²) in [6.07, 6.45) is 3.73. The van der Waals surface area contributed by atoms with Gasteiger partial charge in [0.25, 0.3) is 0 Å². The number of allylic oxidation sites excluding steroid dienone is 2. The average Bonchev–Trinajstić information content (AvgIpc) is 2.96. The first-order chi connectivity index (χ1) is 12.4. The molecule has 132 valence electrons. The molecule has 2 aliphatic rings. The zero-order chi connectivity index (χ0) is 18.6. The van der Waals surface area contributed by atoms with Gasteiger partial charge in [-0.25, -0.2) is 9.83 Å². The summed E-state index contributed by atoms with van der Waals surface area (Å²) < 4.78 is 2.26. The largest absolute Gasteiger partial charge is 0.308 e. The van der Waals surface area contributed by atoms with Crippen LogP contribution in [0.2, 0.25) is 0 Å². The number of hydrogen-bond acceptors (Lipinski definition) is 2. The second-order valence-electron chi connectivity index (χ2n) is 7.80. The zero-order valence-corrected chi connectivity index (χ0v) is 15.7. The molecule has 4 nitrogen and oxygen atoms in total. The van der Waals surface area contributed by atoms with Crippen molar-refractivity contribution in [1.29, 1.82) is 0 Å². The normalized spacial score (nSPS) is 27.3. The van der Waals surface area contributed by atoms with Crippen LogP contribution in [0.15, 0.2) is 36.0 Å². The van der Waals surface area contributed by atoms with E-state index in [-0.39, 0.29) is 28.7 Å². The molecule has 0 amide bonds. The van der Waals surface area contributed by atoms with Gasteiger partial charge in [0.15, 0.2) is 5.78 Å². The van der Waals surface area contributed by atoms with Crippen LogP contribution in [0.1, 0.15) is 43.0 Å². The lowest BCUT2D eigenvalue weighted by Gasteiger charge is -2.44. The van der Waals surface area contributed by atoms with Crippen LogP contribution in [-0.4, -0.2) is 15.3 Å². The summed E-state index contributed by atoms with van der Waals surface area (Å²) in [6, 6.07) is 8.35. The van der Waals surface area contributed by atoms with Gasteiger partial charge in [-0.05, 0) is 44.2 Å². The summed E-state index contributed by atoms with van der Waals surface area (Å²) in [7, 11) is 0. The molecule has 0 spiro atoms. The second kappa shape index (κ2) is 5.67. The Balaban J connectivity index is 1.96. The van der Waals surface area contributed by atoms with Crippen molar-refractivity contribution in [2.45, 2.75) is 46.0 Å². The molecule has 0 aliphatic heterocycles. The summed E-state index contributed by atoms with van der Waals surface area (Å²) in [5, 5.41) is 0. The van der Waals surface area contributed by atoms with E-state index in [1.54, 1.807) is 0 Å². The fourth-order valence-electron chi connectivity index (χ4n) is 4.94. The molecule has 1 aromatic carbocycles. The Kier molecular flexibility index (Phi) is 3.66. The number of hydrogen-bond donors (Lipinski definition) is 0. The van der Waals surface area contributed by atoms with Gasteiger partial charge in [0, 0.05) is 22.7 Å². The van der Waals surface area contributed by atoms with Gasteiger partial charge in [-0.15, -0.1) is 0 Å². The van der Waals surface area contributed by atoms with Gasteiger partial charge >= 0.3 is 0 Å². The van der Waals surface area contributed by atoms with Crippen LogP contribution in [0, 0.1) is 32.3 Å². The lowest BCUT2D eigenvalue weighted by molar-refractivity contribution is -0.121. The minimum atomic E-state index is -0.362. The maximum Gasteiger partial charge on any atom is 0.226 e. The summed E-state index contributed by atoms with van der Waals surface area (Å²) >= 11 is 0. The van der Waals surface area contributed by atoms with E-state index in [2.05, 4.69) is 41.5 Å². The fraction of sp³-hybridized carbons (Fsp3) is 0.409. The van der Waals surface area contributed by atoms with Crippen molar-refractivity contribution in [3.63, 3.8) is 0 Å². The third-order valence-corrected chi connectivity index (χ3v) is 6.30. The van der Waals surface area contributed by atoms with Crippen LogP contribution in [-0.2, 0) is 16.6 Å². The molecule has 26 heavy (non-hydrogen) atoms. The number of aromatic nitrogens is 2. The average molecular weight is 345 g/mol. The van der Waals surface area contributed by atoms with Gasteiger partial charge in [0.1, 0.15) is 5.82 Å². The number of carbonyl (C=O) groups is 1. The Morgan fingerprint density at radius 3 is 2.73 bits per heavy atom. The number of para-hydroxylation sites is 1. The summed E-state index contributed by atoms with van der Waals surface area (Å²) in [4.78, 5) is 21.0. The van der Waals surface area contributed by atoms with Crippen molar-refractivity contribution in [1.82, 2.24) is 9.55 Å². The number of aryl methyl sites for hydroxylation is 2. The van der Waals surface area contributed by atoms with Gasteiger partial charge in [-0.1, -0.05) is 38.1 Å². The van der Waals surface area contributed by atoms with E-state index >= 15 is 0 Å². The molecular formula is C22H23N3O. The van der Waals surface area contributed by atoms with Crippen LogP contribution in [0.25, 0.3) is 10.5 Å². The first kappa shape index (κ1) is 16.8. The number of rotatable bonds is 1. The molecule has 1 heterocycles. The van der Waals surface area contributed by atoms with E-state index in [1.807, 2.05) is 26.0 Å². The SMILES string of the molecule is [C-]#[N+]C1=C[C@]2(C)c3nc(C)n(-c4ccccc4C)c3CC[C@H]2[C@H](C)C1=O. The van der Waals surface area contributed by atoms with Crippen LogP contribution >= 0.6 is 0 Å². The van der Waals surface area contributed by atoms with E-state index in [1.165, 1.54) is 11.3 Å². The highest BCUT2D eigenvalue weighted by Gasteiger charge is 2.49.